The quantitative estimate of drug-likeness (QED) is 0.859. The molecule has 126 valence electrons. The fourth-order valence-electron chi connectivity index (χ4n) is 2.80. The molecule has 0 saturated carbocycles. The Morgan fingerprint density at radius 1 is 1.17 bits per heavy atom. The zero-order chi connectivity index (χ0) is 16.9. The van der Waals surface area contributed by atoms with Gasteiger partial charge in [0.05, 0.1) is 0 Å². The summed E-state index contributed by atoms with van der Waals surface area (Å²) < 4.78 is 0. The molecule has 24 heavy (non-hydrogen) atoms. The average molecular weight is 347 g/mol. The van der Waals surface area contributed by atoms with Gasteiger partial charge in [0.25, 0.3) is 0 Å². The topological polar surface area (TPSA) is 69.6 Å². The van der Waals surface area contributed by atoms with Crippen molar-refractivity contribution in [3.8, 4) is 5.75 Å². The van der Waals surface area contributed by atoms with Crippen LogP contribution in [-0.2, 0) is 11.2 Å². The van der Waals surface area contributed by atoms with Crippen molar-refractivity contribution in [2.24, 2.45) is 0 Å². The molecule has 0 unspecified atom stereocenters. The van der Waals surface area contributed by atoms with E-state index < -0.39 is 0 Å². The van der Waals surface area contributed by atoms with Gasteiger partial charge < -0.3 is 14.9 Å². The van der Waals surface area contributed by atoms with Crippen LogP contribution in [0, 0.1) is 0 Å². The number of aromatic hydroxyl groups is 1. The van der Waals surface area contributed by atoms with Gasteiger partial charge in [-0.2, -0.15) is 0 Å². The first kappa shape index (κ1) is 16.5. The second-order valence-electron chi connectivity index (χ2n) is 5.70. The molecule has 1 saturated heterocycles. The Kier molecular flexibility index (Phi) is 5.15. The van der Waals surface area contributed by atoms with Crippen molar-refractivity contribution >= 4 is 23.3 Å². The molecule has 1 N–H and O–H groups in total. The molecule has 0 atom stereocenters. The zero-order valence-electron chi connectivity index (χ0n) is 13.2. The van der Waals surface area contributed by atoms with E-state index in [1.54, 1.807) is 18.2 Å². The molecule has 0 bridgehead atoms. The number of nitrogens with zero attached hydrogens (tertiary/aromatic N) is 4. The number of halogens is 1. The lowest BCUT2D eigenvalue weighted by Gasteiger charge is -2.35. The van der Waals surface area contributed by atoms with E-state index in [9.17, 15) is 9.90 Å². The molecule has 0 aliphatic carbocycles. The largest absolute Gasteiger partial charge is 0.508 e. The highest BCUT2D eigenvalue weighted by molar-refractivity contribution is 6.29. The van der Waals surface area contributed by atoms with E-state index in [2.05, 4.69) is 14.9 Å². The minimum absolute atomic E-state index is 0.110. The molecule has 1 aliphatic heterocycles. The van der Waals surface area contributed by atoms with Crippen molar-refractivity contribution in [3.63, 3.8) is 0 Å². The number of amides is 1. The Bertz CT molecular complexity index is 717. The Labute approximate surface area is 145 Å². The van der Waals surface area contributed by atoms with Crippen LogP contribution in [0.1, 0.15) is 12.0 Å². The third-order valence-electron chi connectivity index (χ3n) is 4.18. The summed E-state index contributed by atoms with van der Waals surface area (Å²) in [6, 6.07) is 8.87. The van der Waals surface area contributed by atoms with Gasteiger partial charge in [-0.1, -0.05) is 29.8 Å². The van der Waals surface area contributed by atoms with Gasteiger partial charge in [0.15, 0.2) is 0 Å². The van der Waals surface area contributed by atoms with E-state index in [0.717, 1.165) is 24.5 Å². The summed E-state index contributed by atoms with van der Waals surface area (Å²) in [6.07, 6.45) is 2.39. The van der Waals surface area contributed by atoms with Gasteiger partial charge in [-0.25, -0.2) is 9.97 Å². The summed E-state index contributed by atoms with van der Waals surface area (Å²) in [5, 5.41) is 10.2. The smallest absolute Gasteiger partial charge is 0.223 e. The lowest BCUT2D eigenvalue weighted by molar-refractivity contribution is -0.131. The van der Waals surface area contributed by atoms with Crippen LogP contribution in [0.15, 0.2) is 36.7 Å². The molecule has 1 fully saturated rings. The van der Waals surface area contributed by atoms with E-state index in [4.69, 9.17) is 11.6 Å². The predicted molar refractivity (Wildman–Crippen MR) is 92.3 cm³/mol. The highest BCUT2D eigenvalue weighted by atomic mass is 35.5. The minimum atomic E-state index is 0.110. The predicted octanol–water partition coefficient (Wildman–Crippen LogP) is 2.12. The number of hydrogen-bond donors (Lipinski definition) is 1. The van der Waals surface area contributed by atoms with Gasteiger partial charge in [-0.15, -0.1) is 0 Å². The molecular formula is C17H19ClN4O2. The van der Waals surface area contributed by atoms with Crippen LogP contribution < -0.4 is 4.90 Å². The first-order valence-corrected chi connectivity index (χ1v) is 8.28. The van der Waals surface area contributed by atoms with Crippen molar-refractivity contribution in [1.82, 2.24) is 14.9 Å². The summed E-state index contributed by atoms with van der Waals surface area (Å²) in [6.45, 7) is 2.74. The Hall–Kier alpha value is -2.34. The number of phenolic OH excluding ortho intramolecular Hbond substituents is 1. The molecule has 7 heteroatoms. The van der Waals surface area contributed by atoms with Crippen molar-refractivity contribution in [2.75, 3.05) is 31.1 Å². The van der Waals surface area contributed by atoms with Crippen LogP contribution in [0.2, 0.25) is 5.15 Å². The molecule has 1 aliphatic rings. The summed E-state index contributed by atoms with van der Waals surface area (Å²) in [5.41, 5.74) is 0.806. The van der Waals surface area contributed by atoms with Gasteiger partial charge in [0, 0.05) is 38.7 Å². The van der Waals surface area contributed by atoms with E-state index in [1.807, 2.05) is 17.0 Å². The third kappa shape index (κ3) is 3.94. The minimum Gasteiger partial charge on any atom is -0.508 e. The number of aryl methyl sites for hydroxylation is 1. The van der Waals surface area contributed by atoms with Crippen LogP contribution in [0.5, 0.6) is 5.75 Å². The number of benzene rings is 1. The summed E-state index contributed by atoms with van der Waals surface area (Å²) in [7, 11) is 0. The van der Waals surface area contributed by atoms with Crippen molar-refractivity contribution in [3.05, 3.63) is 47.4 Å². The molecule has 0 spiro atoms. The standard InChI is InChI=1S/C17H19ClN4O2/c18-15-11-16(20-12-19-15)21-7-9-22(10-8-21)17(24)6-5-13-3-1-2-4-14(13)23/h1-4,11-12,23H,5-10H2. The summed E-state index contributed by atoms with van der Waals surface area (Å²) in [4.78, 5) is 24.4. The number of rotatable bonds is 4. The highest BCUT2D eigenvalue weighted by Crippen LogP contribution is 2.19. The second kappa shape index (κ2) is 7.49. The summed E-state index contributed by atoms with van der Waals surface area (Å²) in [5.74, 6) is 1.14. The number of phenols is 1. The lowest BCUT2D eigenvalue weighted by Crippen LogP contribution is -2.49. The maximum absolute atomic E-state index is 12.4. The van der Waals surface area contributed by atoms with Crippen molar-refractivity contribution in [1.29, 1.82) is 0 Å². The molecular weight excluding hydrogens is 328 g/mol. The maximum atomic E-state index is 12.4. The molecule has 1 aromatic heterocycles. The van der Waals surface area contributed by atoms with Gasteiger partial charge in [0.2, 0.25) is 5.91 Å². The second-order valence-corrected chi connectivity index (χ2v) is 6.08. The van der Waals surface area contributed by atoms with E-state index in [1.165, 1.54) is 6.33 Å². The summed E-state index contributed by atoms with van der Waals surface area (Å²) >= 11 is 5.89. The van der Waals surface area contributed by atoms with E-state index in [0.29, 0.717) is 31.1 Å². The van der Waals surface area contributed by atoms with Crippen LogP contribution in [0.3, 0.4) is 0 Å². The van der Waals surface area contributed by atoms with Crippen LogP contribution in [-0.4, -0.2) is 52.1 Å². The molecule has 2 aromatic rings. The molecule has 1 aromatic carbocycles. The molecule has 0 radical (unpaired) electrons. The number of para-hydroxylation sites is 1. The average Bonchev–Trinajstić information content (AvgIpc) is 2.61. The van der Waals surface area contributed by atoms with Crippen LogP contribution in [0.25, 0.3) is 0 Å². The Morgan fingerprint density at radius 2 is 1.92 bits per heavy atom. The monoisotopic (exact) mass is 346 g/mol. The molecule has 2 heterocycles. The van der Waals surface area contributed by atoms with Gasteiger partial charge in [0.1, 0.15) is 23.0 Å². The van der Waals surface area contributed by atoms with E-state index >= 15 is 0 Å². The Balaban J connectivity index is 1.51. The number of anilines is 1. The first-order valence-electron chi connectivity index (χ1n) is 7.90. The van der Waals surface area contributed by atoms with Crippen molar-refractivity contribution in [2.45, 2.75) is 12.8 Å². The van der Waals surface area contributed by atoms with Crippen molar-refractivity contribution < 1.29 is 9.90 Å². The number of aromatic nitrogens is 2. The highest BCUT2D eigenvalue weighted by Gasteiger charge is 2.22. The number of carbonyl (C=O) groups is 1. The third-order valence-corrected chi connectivity index (χ3v) is 4.38. The Morgan fingerprint density at radius 3 is 2.62 bits per heavy atom. The normalized spacial score (nSPS) is 14.7. The molecule has 6 nitrogen and oxygen atoms in total. The SMILES string of the molecule is O=C(CCc1ccccc1O)N1CCN(c2cc(Cl)ncn2)CC1. The number of piperazine rings is 1. The van der Waals surface area contributed by atoms with Crippen LogP contribution in [0.4, 0.5) is 5.82 Å². The fraction of sp³-hybridized carbons (Fsp3) is 0.353. The first-order chi connectivity index (χ1) is 11.6. The van der Waals surface area contributed by atoms with Gasteiger partial charge in [-0.3, -0.25) is 4.79 Å². The maximum Gasteiger partial charge on any atom is 0.223 e. The molecule has 3 rings (SSSR count). The van der Waals surface area contributed by atoms with Gasteiger partial charge in [-0.05, 0) is 18.1 Å². The van der Waals surface area contributed by atoms with E-state index in [-0.39, 0.29) is 11.7 Å². The van der Waals surface area contributed by atoms with Crippen LogP contribution >= 0.6 is 11.6 Å². The number of hydrogen-bond acceptors (Lipinski definition) is 5. The lowest BCUT2D eigenvalue weighted by atomic mass is 10.1. The fourth-order valence-corrected chi connectivity index (χ4v) is 2.95. The molecule has 1 amide bonds. The zero-order valence-corrected chi connectivity index (χ0v) is 14.0. The number of carbonyl (C=O) groups excluding carboxylic acids is 1. The van der Waals surface area contributed by atoms with Gasteiger partial charge >= 0.3 is 0 Å².